The van der Waals surface area contributed by atoms with Gasteiger partial charge < -0.3 is 27.9 Å². The molecule has 0 saturated heterocycles. The van der Waals surface area contributed by atoms with E-state index in [4.69, 9.17) is 11.6 Å². The van der Waals surface area contributed by atoms with Crippen LogP contribution in [0.2, 0.25) is 0 Å². The number of nitrogens with one attached hydrogen (secondary N) is 1. The first-order chi connectivity index (χ1) is 16.7. The summed E-state index contributed by atoms with van der Waals surface area (Å²) in [5, 5.41) is 6.51. The Bertz CT molecular complexity index is 1240. The number of rotatable bonds is 6. The standard InChI is InChI=1S/C26H26F3N5O.H3N/c1-16(18-7-9-20(10-8-18)24(30)33-31)32-25(35)22-4-2-3-19-13-14-34(23(19)22)15-17-5-11-21(12-6-17)26(27,28)29;/h2-12,16H,13-15,31H2,1H3,(H2,30,33)(H,32,35);1H3/t16-;/m0./s1. The molecule has 190 valence electrons. The molecule has 1 heterocycles. The van der Waals surface area contributed by atoms with E-state index in [0.717, 1.165) is 40.9 Å². The van der Waals surface area contributed by atoms with Crippen molar-refractivity contribution in [2.45, 2.75) is 32.1 Å². The molecule has 0 aliphatic carbocycles. The number of carbonyl (C=O) groups excluding carboxylic acids is 1. The second-order valence-corrected chi connectivity index (χ2v) is 8.51. The molecule has 0 aromatic heterocycles. The molecule has 0 radical (unpaired) electrons. The van der Waals surface area contributed by atoms with Gasteiger partial charge in [-0.2, -0.15) is 18.3 Å². The number of hydrogen-bond donors (Lipinski definition) is 4. The van der Waals surface area contributed by atoms with Gasteiger partial charge in [-0.1, -0.05) is 48.5 Å². The number of para-hydroxylation sites is 1. The molecule has 0 saturated carbocycles. The number of nitrogens with zero attached hydrogens (tertiary/aromatic N) is 2. The van der Waals surface area contributed by atoms with Crippen molar-refractivity contribution in [3.8, 4) is 0 Å². The molecule has 1 atom stereocenters. The fourth-order valence-corrected chi connectivity index (χ4v) is 4.27. The molecule has 0 unspecified atom stereocenters. The van der Waals surface area contributed by atoms with Gasteiger partial charge in [-0.05, 0) is 48.2 Å². The van der Waals surface area contributed by atoms with E-state index in [0.29, 0.717) is 24.2 Å². The summed E-state index contributed by atoms with van der Waals surface area (Å²) in [4.78, 5) is 15.3. The summed E-state index contributed by atoms with van der Waals surface area (Å²) in [5.41, 5.74) is 9.77. The van der Waals surface area contributed by atoms with Crippen molar-refractivity contribution >= 4 is 17.4 Å². The molecule has 8 N–H and O–H groups in total. The van der Waals surface area contributed by atoms with E-state index >= 15 is 0 Å². The minimum Gasteiger partial charge on any atom is -0.382 e. The molecule has 36 heavy (non-hydrogen) atoms. The van der Waals surface area contributed by atoms with Crippen molar-refractivity contribution < 1.29 is 18.0 Å². The first-order valence-electron chi connectivity index (χ1n) is 11.1. The minimum absolute atomic E-state index is 0. The van der Waals surface area contributed by atoms with Crippen molar-refractivity contribution in [2.24, 2.45) is 16.7 Å². The lowest BCUT2D eigenvalue weighted by atomic mass is 10.0. The summed E-state index contributed by atoms with van der Waals surface area (Å²) >= 11 is 0. The largest absolute Gasteiger partial charge is 0.416 e. The predicted octanol–water partition coefficient (Wildman–Crippen LogP) is 4.50. The average Bonchev–Trinajstić information content (AvgIpc) is 3.26. The number of alkyl halides is 3. The third-order valence-electron chi connectivity index (χ3n) is 6.18. The van der Waals surface area contributed by atoms with E-state index in [9.17, 15) is 18.0 Å². The smallest absolute Gasteiger partial charge is 0.382 e. The molecule has 1 aliphatic heterocycles. The van der Waals surface area contributed by atoms with Gasteiger partial charge in [0.2, 0.25) is 0 Å². The van der Waals surface area contributed by atoms with Crippen LogP contribution in [-0.4, -0.2) is 18.3 Å². The van der Waals surface area contributed by atoms with Crippen molar-refractivity contribution in [1.82, 2.24) is 11.5 Å². The lowest BCUT2D eigenvalue weighted by molar-refractivity contribution is -0.137. The third kappa shape index (κ3) is 5.60. The number of fused-ring (bicyclic) bond motifs is 1. The van der Waals surface area contributed by atoms with E-state index in [2.05, 4.69) is 10.4 Å². The zero-order valence-electron chi connectivity index (χ0n) is 19.8. The quantitative estimate of drug-likeness (QED) is 0.172. The second kappa shape index (κ2) is 10.7. The summed E-state index contributed by atoms with van der Waals surface area (Å²) in [6.45, 7) is 2.98. The van der Waals surface area contributed by atoms with Crippen molar-refractivity contribution in [2.75, 3.05) is 11.4 Å². The van der Waals surface area contributed by atoms with Gasteiger partial charge in [-0.15, -0.1) is 0 Å². The van der Waals surface area contributed by atoms with E-state index < -0.39 is 11.7 Å². The number of nitrogens with two attached hydrogens (primary N) is 2. The zero-order chi connectivity index (χ0) is 25.2. The summed E-state index contributed by atoms with van der Waals surface area (Å²) < 4.78 is 38.7. The van der Waals surface area contributed by atoms with Crippen LogP contribution in [0.3, 0.4) is 0 Å². The summed E-state index contributed by atoms with van der Waals surface area (Å²) in [7, 11) is 0. The van der Waals surface area contributed by atoms with Gasteiger partial charge in [-0.3, -0.25) is 4.79 Å². The van der Waals surface area contributed by atoms with Gasteiger partial charge in [0.1, 0.15) is 5.84 Å². The fourth-order valence-electron chi connectivity index (χ4n) is 4.27. The van der Waals surface area contributed by atoms with Gasteiger partial charge in [0.15, 0.2) is 0 Å². The number of benzene rings is 3. The van der Waals surface area contributed by atoms with Crippen LogP contribution < -0.4 is 27.9 Å². The second-order valence-electron chi connectivity index (χ2n) is 8.51. The highest BCUT2D eigenvalue weighted by atomic mass is 19.4. The highest BCUT2D eigenvalue weighted by Crippen LogP contribution is 2.34. The summed E-state index contributed by atoms with van der Waals surface area (Å²) in [5.74, 6) is 5.22. The molecule has 4 rings (SSSR count). The molecule has 3 aromatic rings. The van der Waals surface area contributed by atoms with E-state index in [1.54, 1.807) is 18.2 Å². The van der Waals surface area contributed by atoms with Crippen molar-refractivity contribution in [3.05, 3.63) is 100 Å². The van der Waals surface area contributed by atoms with Gasteiger partial charge in [0, 0.05) is 18.7 Å². The van der Waals surface area contributed by atoms with Crippen molar-refractivity contribution in [1.29, 1.82) is 0 Å². The Labute approximate surface area is 207 Å². The maximum atomic E-state index is 13.2. The minimum atomic E-state index is -4.37. The number of carbonyl (C=O) groups is 1. The van der Waals surface area contributed by atoms with E-state index in [-0.39, 0.29) is 23.9 Å². The maximum absolute atomic E-state index is 13.2. The van der Waals surface area contributed by atoms with E-state index in [1.807, 2.05) is 36.1 Å². The van der Waals surface area contributed by atoms with Crippen LogP contribution in [0.4, 0.5) is 18.9 Å². The number of halogens is 3. The van der Waals surface area contributed by atoms with E-state index in [1.165, 1.54) is 12.1 Å². The van der Waals surface area contributed by atoms with Crippen LogP contribution >= 0.6 is 0 Å². The highest BCUT2D eigenvalue weighted by molar-refractivity contribution is 6.01. The van der Waals surface area contributed by atoms with Crippen LogP contribution in [-0.2, 0) is 19.1 Å². The van der Waals surface area contributed by atoms with Crippen LogP contribution in [0.5, 0.6) is 0 Å². The summed E-state index contributed by atoms with van der Waals surface area (Å²) in [6.07, 6.45) is -3.61. The molecule has 0 bridgehead atoms. The Kier molecular flexibility index (Phi) is 7.89. The molecule has 0 fully saturated rings. The van der Waals surface area contributed by atoms with Gasteiger partial charge >= 0.3 is 6.18 Å². The third-order valence-corrected chi connectivity index (χ3v) is 6.18. The highest BCUT2D eigenvalue weighted by Gasteiger charge is 2.30. The SMILES string of the molecule is C[C@H](NC(=O)c1cccc2c1N(Cc1ccc(C(F)(F)F)cc1)CC2)c1ccc(C(N)=NN)cc1.N. The van der Waals surface area contributed by atoms with Crippen LogP contribution in [0.25, 0.3) is 0 Å². The number of hydrogen-bond acceptors (Lipinski definition) is 5. The fraction of sp³-hybridized carbons (Fsp3) is 0.231. The van der Waals surface area contributed by atoms with Crippen LogP contribution in [0.1, 0.15) is 51.1 Å². The first-order valence-corrected chi connectivity index (χ1v) is 11.1. The molecule has 10 heteroatoms. The maximum Gasteiger partial charge on any atom is 0.416 e. The topological polar surface area (TPSA) is 132 Å². The van der Waals surface area contributed by atoms with Crippen molar-refractivity contribution in [3.63, 3.8) is 0 Å². The number of amides is 1. The summed E-state index contributed by atoms with van der Waals surface area (Å²) in [6, 6.07) is 17.8. The Morgan fingerprint density at radius 1 is 1.08 bits per heavy atom. The monoisotopic (exact) mass is 498 g/mol. The first kappa shape index (κ1) is 26.6. The predicted molar refractivity (Wildman–Crippen MR) is 135 cm³/mol. The van der Waals surface area contributed by atoms with Gasteiger partial charge in [0.05, 0.1) is 22.9 Å². The molecule has 1 amide bonds. The molecule has 1 aliphatic rings. The molecule has 0 spiro atoms. The molecular formula is C26H29F3N6O. The molecule has 7 nitrogen and oxygen atoms in total. The molecular weight excluding hydrogens is 469 g/mol. The zero-order valence-corrected chi connectivity index (χ0v) is 19.8. The number of amidine groups is 1. The Hall–Kier alpha value is -4.05. The van der Waals surface area contributed by atoms with Gasteiger partial charge in [-0.25, -0.2) is 0 Å². The Balaban J connectivity index is 0.00000361. The number of anilines is 1. The van der Waals surface area contributed by atoms with Crippen LogP contribution in [0.15, 0.2) is 71.8 Å². The Morgan fingerprint density at radius 3 is 2.36 bits per heavy atom. The lowest BCUT2D eigenvalue weighted by Gasteiger charge is -2.23. The van der Waals surface area contributed by atoms with Gasteiger partial charge in [0.25, 0.3) is 5.91 Å². The Morgan fingerprint density at radius 2 is 1.75 bits per heavy atom. The lowest BCUT2D eigenvalue weighted by Crippen LogP contribution is -2.29. The normalized spacial score (nSPS) is 14.1. The molecule has 3 aromatic carbocycles. The number of hydrazone groups is 1. The van der Waals surface area contributed by atoms with Crippen LogP contribution in [0, 0.1) is 0 Å². The average molecular weight is 499 g/mol.